The normalized spacial score (nSPS) is 11.8. The quantitative estimate of drug-likeness (QED) is 0.140. The molecule has 2 aromatic carbocycles. The van der Waals surface area contributed by atoms with Gasteiger partial charge < -0.3 is 9.47 Å². The number of hydrogen-bond donors (Lipinski definition) is 0. The number of benzene rings is 2. The maximum Gasteiger partial charge on any atom is 0.433 e. The van der Waals surface area contributed by atoms with Crippen molar-refractivity contribution in [3.63, 3.8) is 0 Å². The van der Waals surface area contributed by atoms with Crippen LogP contribution in [-0.2, 0) is 30.5 Å². The number of aromatic nitrogens is 2. The number of hydrogen-bond acceptors (Lipinski definition) is 6. The second-order valence-electron chi connectivity index (χ2n) is 8.32. The van der Waals surface area contributed by atoms with Crippen molar-refractivity contribution in [2.45, 2.75) is 32.2 Å². The van der Waals surface area contributed by atoms with Crippen LogP contribution in [0, 0.1) is 0 Å². The molecule has 0 spiro atoms. The van der Waals surface area contributed by atoms with E-state index in [4.69, 9.17) is 26.1 Å². The number of nitrogens with zero attached hydrogens (tertiary/aromatic N) is 3. The van der Waals surface area contributed by atoms with E-state index in [0.29, 0.717) is 41.0 Å². The molecule has 0 aliphatic rings. The van der Waals surface area contributed by atoms with E-state index < -0.39 is 11.9 Å². The first-order chi connectivity index (χ1) is 18.3. The van der Waals surface area contributed by atoms with Gasteiger partial charge in [-0.25, -0.2) is 4.98 Å². The van der Waals surface area contributed by atoms with E-state index in [1.165, 1.54) is 23.6 Å². The molecular weight excluding hydrogens is 535 g/mol. The van der Waals surface area contributed by atoms with Crippen LogP contribution in [-0.4, -0.2) is 29.8 Å². The Labute approximate surface area is 228 Å². The van der Waals surface area contributed by atoms with Crippen molar-refractivity contribution in [2.75, 3.05) is 13.7 Å². The number of rotatable bonds is 11. The number of aliphatic imine (C=N–C) groups is 1. The predicted molar refractivity (Wildman–Crippen MR) is 144 cm³/mol. The third-order valence-corrected chi connectivity index (χ3v) is 6.95. The summed E-state index contributed by atoms with van der Waals surface area (Å²) < 4.78 is 50.6. The molecule has 4 rings (SSSR count). The molecule has 10 heteroatoms. The fourth-order valence-corrected chi connectivity index (χ4v) is 4.83. The van der Waals surface area contributed by atoms with Gasteiger partial charge in [-0.1, -0.05) is 41.9 Å². The molecule has 0 fully saturated rings. The highest BCUT2D eigenvalue weighted by Crippen LogP contribution is 2.33. The van der Waals surface area contributed by atoms with Crippen LogP contribution in [0.5, 0.6) is 5.75 Å². The van der Waals surface area contributed by atoms with Crippen molar-refractivity contribution in [2.24, 2.45) is 4.99 Å². The van der Waals surface area contributed by atoms with Gasteiger partial charge in [-0.05, 0) is 48.7 Å². The van der Waals surface area contributed by atoms with E-state index in [0.717, 1.165) is 34.2 Å². The SMILES string of the molecule is CN=Cc1ccc(OCc2sc(-c3ccc(C(F)(F)F)nc3)nc2CCCOCc2ccccc2)cc1Cl. The van der Waals surface area contributed by atoms with E-state index in [1.54, 1.807) is 19.3 Å². The fraction of sp³-hybridized carbons (Fsp3) is 0.250. The first-order valence-corrected chi connectivity index (χ1v) is 13.0. The number of aryl methyl sites for hydroxylation is 1. The van der Waals surface area contributed by atoms with Gasteiger partial charge in [0.05, 0.1) is 22.2 Å². The van der Waals surface area contributed by atoms with Crippen molar-refractivity contribution < 1.29 is 22.6 Å². The van der Waals surface area contributed by atoms with E-state index in [1.807, 2.05) is 42.5 Å². The lowest BCUT2D eigenvalue weighted by Gasteiger charge is -2.08. The van der Waals surface area contributed by atoms with Crippen LogP contribution in [0.2, 0.25) is 5.02 Å². The van der Waals surface area contributed by atoms with Crippen LogP contribution in [0.4, 0.5) is 13.2 Å². The Balaban J connectivity index is 1.46. The molecular formula is C28H25ClF3N3O2S. The molecule has 0 radical (unpaired) electrons. The molecule has 0 saturated carbocycles. The maximum absolute atomic E-state index is 12.9. The molecule has 0 aliphatic carbocycles. The van der Waals surface area contributed by atoms with E-state index >= 15 is 0 Å². The summed E-state index contributed by atoms with van der Waals surface area (Å²) in [4.78, 5) is 13.1. The molecule has 38 heavy (non-hydrogen) atoms. The molecule has 0 amide bonds. The van der Waals surface area contributed by atoms with Gasteiger partial charge in [0.1, 0.15) is 23.1 Å². The molecule has 0 atom stereocenters. The van der Waals surface area contributed by atoms with Crippen LogP contribution < -0.4 is 4.74 Å². The van der Waals surface area contributed by atoms with Crippen molar-refractivity contribution in [1.29, 1.82) is 0 Å². The van der Waals surface area contributed by atoms with E-state index in [-0.39, 0.29) is 6.61 Å². The summed E-state index contributed by atoms with van der Waals surface area (Å²) in [6.07, 6.45) is -0.272. The Morgan fingerprint density at radius 3 is 2.55 bits per heavy atom. The number of ether oxygens (including phenoxy) is 2. The standard InChI is InChI=1S/C28H25ClF3N3O2S/c1-33-15-20-9-11-22(14-23(20)29)37-18-25-24(8-5-13-36-17-19-6-3-2-4-7-19)35-27(38-25)21-10-12-26(34-16-21)28(30,31)32/h2-4,6-7,9-12,14-16H,5,8,13,17-18H2,1H3. The highest BCUT2D eigenvalue weighted by Gasteiger charge is 2.32. The summed E-state index contributed by atoms with van der Waals surface area (Å²) in [5.41, 5.74) is 2.27. The average molecular weight is 560 g/mol. The molecule has 4 aromatic rings. The Morgan fingerprint density at radius 1 is 1.05 bits per heavy atom. The van der Waals surface area contributed by atoms with E-state index in [2.05, 4.69) is 9.98 Å². The summed E-state index contributed by atoms with van der Waals surface area (Å²) in [5, 5.41) is 1.10. The second-order valence-corrected chi connectivity index (χ2v) is 9.81. The lowest BCUT2D eigenvalue weighted by molar-refractivity contribution is -0.141. The Hall–Kier alpha value is -3.27. The molecule has 0 saturated heterocycles. The first kappa shape index (κ1) is 27.8. The van der Waals surface area contributed by atoms with Crippen molar-refractivity contribution in [1.82, 2.24) is 9.97 Å². The molecule has 0 aliphatic heterocycles. The van der Waals surface area contributed by atoms with Crippen molar-refractivity contribution >= 4 is 29.2 Å². The zero-order chi connectivity index (χ0) is 27.0. The number of alkyl halides is 3. The average Bonchev–Trinajstić information content (AvgIpc) is 3.32. The van der Waals surface area contributed by atoms with Gasteiger partial charge in [0.15, 0.2) is 0 Å². The van der Waals surface area contributed by atoms with Crippen LogP contribution in [0.25, 0.3) is 10.6 Å². The first-order valence-electron chi connectivity index (χ1n) is 11.8. The molecule has 2 heterocycles. The summed E-state index contributed by atoms with van der Waals surface area (Å²) >= 11 is 7.68. The third-order valence-electron chi connectivity index (χ3n) is 5.50. The summed E-state index contributed by atoms with van der Waals surface area (Å²) in [7, 11) is 1.67. The molecule has 0 bridgehead atoms. The van der Waals surface area contributed by atoms with Crippen molar-refractivity contribution in [3.8, 4) is 16.3 Å². The Kier molecular flexibility index (Phi) is 9.49. The highest BCUT2D eigenvalue weighted by molar-refractivity contribution is 7.15. The van der Waals surface area contributed by atoms with Gasteiger partial charge in [0.2, 0.25) is 0 Å². The van der Waals surface area contributed by atoms with Crippen LogP contribution in [0.15, 0.2) is 71.9 Å². The smallest absolute Gasteiger partial charge is 0.433 e. The molecule has 198 valence electrons. The zero-order valence-electron chi connectivity index (χ0n) is 20.5. The molecule has 2 aromatic heterocycles. The minimum atomic E-state index is -4.49. The largest absolute Gasteiger partial charge is 0.488 e. The van der Waals surface area contributed by atoms with Gasteiger partial charge in [-0.3, -0.25) is 9.98 Å². The molecule has 0 N–H and O–H groups in total. The van der Waals surface area contributed by atoms with Gasteiger partial charge in [-0.15, -0.1) is 11.3 Å². The van der Waals surface area contributed by atoms with Crippen LogP contribution in [0.3, 0.4) is 0 Å². The number of pyridine rings is 1. The van der Waals surface area contributed by atoms with Crippen LogP contribution >= 0.6 is 22.9 Å². The third kappa shape index (κ3) is 7.63. The topological polar surface area (TPSA) is 56.6 Å². The summed E-state index contributed by atoms with van der Waals surface area (Å²) in [6, 6.07) is 17.6. The molecule has 5 nitrogen and oxygen atoms in total. The predicted octanol–water partition coefficient (Wildman–Crippen LogP) is 7.65. The lowest BCUT2D eigenvalue weighted by Crippen LogP contribution is -2.07. The Morgan fingerprint density at radius 2 is 1.87 bits per heavy atom. The second kappa shape index (κ2) is 13.0. The van der Waals surface area contributed by atoms with Gasteiger partial charge >= 0.3 is 6.18 Å². The van der Waals surface area contributed by atoms with Gasteiger partial charge in [0.25, 0.3) is 0 Å². The van der Waals surface area contributed by atoms with Crippen molar-refractivity contribution in [3.05, 3.63) is 99.3 Å². The zero-order valence-corrected chi connectivity index (χ0v) is 22.1. The highest BCUT2D eigenvalue weighted by atomic mass is 35.5. The molecule has 0 unspecified atom stereocenters. The minimum absolute atomic E-state index is 0.240. The monoisotopic (exact) mass is 559 g/mol. The minimum Gasteiger partial charge on any atom is -0.488 e. The number of thiazole rings is 1. The maximum atomic E-state index is 12.9. The summed E-state index contributed by atoms with van der Waals surface area (Å²) in [6.45, 7) is 1.30. The fourth-order valence-electron chi connectivity index (χ4n) is 3.60. The summed E-state index contributed by atoms with van der Waals surface area (Å²) in [5.74, 6) is 0.589. The van der Waals surface area contributed by atoms with E-state index in [9.17, 15) is 13.2 Å². The number of halogens is 4. The lowest BCUT2D eigenvalue weighted by atomic mass is 10.2. The van der Waals surface area contributed by atoms with Crippen LogP contribution in [0.1, 0.15) is 33.8 Å². The van der Waals surface area contributed by atoms with Gasteiger partial charge in [-0.2, -0.15) is 13.2 Å². The van der Waals surface area contributed by atoms with Gasteiger partial charge in [0, 0.05) is 37.2 Å². The Bertz CT molecular complexity index is 1360.